The maximum atomic E-state index is 13.4. The predicted octanol–water partition coefficient (Wildman–Crippen LogP) is 1.86. The van der Waals surface area contributed by atoms with Gasteiger partial charge in [0.05, 0.1) is 12.8 Å². The molecule has 18 heavy (non-hydrogen) atoms. The molecule has 0 radical (unpaired) electrons. The Labute approximate surface area is 105 Å². The number of hydrogen-bond donors (Lipinski definition) is 1. The summed E-state index contributed by atoms with van der Waals surface area (Å²) in [5.74, 6) is -0.0669. The Bertz CT molecular complexity index is 525. The molecule has 0 amide bonds. The van der Waals surface area contributed by atoms with Gasteiger partial charge in [-0.2, -0.15) is 5.10 Å². The van der Waals surface area contributed by atoms with Crippen LogP contribution in [-0.4, -0.2) is 16.9 Å². The highest BCUT2D eigenvalue weighted by molar-refractivity contribution is 5.29. The van der Waals surface area contributed by atoms with E-state index < -0.39 is 0 Å². The van der Waals surface area contributed by atoms with Gasteiger partial charge in [-0.3, -0.25) is 4.68 Å². The van der Waals surface area contributed by atoms with Gasteiger partial charge in [-0.05, 0) is 23.8 Å². The summed E-state index contributed by atoms with van der Waals surface area (Å²) in [4.78, 5) is 0. The summed E-state index contributed by atoms with van der Waals surface area (Å²) in [7, 11) is 3.35. The monoisotopic (exact) mass is 249 g/mol. The zero-order valence-electron chi connectivity index (χ0n) is 10.5. The standard InChI is InChI=1S/C13H16FN3O/c1-17-11(5-6-16-17)9-15-8-10-3-4-13(18-2)12(14)7-10/h3-7,15H,8-9H2,1-2H3. The highest BCUT2D eigenvalue weighted by Gasteiger charge is 2.03. The first-order valence-corrected chi connectivity index (χ1v) is 5.70. The normalized spacial score (nSPS) is 10.6. The van der Waals surface area contributed by atoms with Crippen LogP contribution >= 0.6 is 0 Å². The number of nitrogens with one attached hydrogen (secondary N) is 1. The van der Waals surface area contributed by atoms with Crippen molar-refractivity contribution in [2.24, 2.45) is 7.05 Å². The van der Waals surface area contributed by atoms with Gasteiger partial charge in [0, 0.05) is 26.3 Å². The molecule has 0 saturated carbocycles. The van der Waals surface area contributed by atoms with Gasteiger partial charge in [0.1, 0.15) is 0 Å². The van der Waals surface area contributed by atoms with Crippen molar-refractivity contribution in [2.75, 3.05) is 7.11 Å². The first-order chi connectivity index (χ1) is 8.70. The third kappa shape index (κ3) is 2.87. The van der Waals surface area contributed by atoms with Crippen LogP contribution < -0.4 is 10.1 Å². The second kappa shape index (κ2) is 5.64. The molecule has 5 heteroatoms. The zero-order chi connectivity index (χ0) is 13.0. The molecule has 1 N–H and O–H groups in total. The zero-order valence-corrected chi connectivity index (χ0v) is 10.5. The molecule has 96 valence electrons. The van der Waals surface area contributed by atoms with Crippen LogP contribution in [0.25, 0.3) is 0 Å². The molecule has 0 atom stereocenters. The van der Waals surface area contributed by atoms with E-state index >= 15 is 0 Å². The van der Waals surface area contributed by atoms with Crippen LogP contribution in [-0.2, 0) is 20.1 Å². The van der Waals surface area contributed by atoms with Crippen molar-refractivity contribution in [3.05, 3.63) is 47.5 Å². The number of benzene rings is 1. The summed E-state index contributed by atoms with van der Waals surface area (Å²) >= 11 is 0. The van der Waals surface area contributed by atoms with Gasteiger partial charge in [-0.25, -0.2) is 4.39 Å². The molecule has 0 fully saturated rings. The Hall–Kier alpha value is -1.88. The van der Waals surface area contributed by atoms with Crippen molar-refractivity contribution >= 4 is 0 Å². The molecular weight excluding hydrogens is 233 g/mol. The summed E-state index contributed by atoms with van der Waals surface area (Å²) in [6, 6.07) is 6.91. The lowest BCUT2D eigenvalue weighted by atomic mass is 10.2. The van der Waals surface area contributed by atoms with Crippen molar-refractivity contribution in [1.29, 1.82) is 0 Å². The number of rotatable bonds is 5. The molecule has 0 saturated heterocycles. The molecule has 2 rings (SSSR count). The maximum Gasteiger partial charge on any atom is 0.165 e. The van der Waals surface area contributed by atoms with Crippen molar-refractivity contribution < 1.29 is 9.13 Å². The quantitative estimate of drug-likeness (QED) is 0.879. The van der Waals surface area contributed by atoms with Crippen molar-refractivity contribution in [2.45, 2.75) is 13.1 Å². The summed E-state index contributed by atoms with van der Waals surface area (Å²) < 4.78 is 20.1. The molecule has 0 bridgehead atoms. The Kier molecular flexibility index (Phi) is 3.94. The SMILES string of the molecule is COc1ccc(CNCc2ccnn2C)cc1F. The minimum atomic E-state index is -0.336. The van der Waals surface area contributed by atoms with Crippen LogP contribution in [0.3, 0.4) is 0 Å². The predicted molar refractivity (Wildman–Crippen MR) is 66.7 cm³/mol. The summed E-state index contributed by atoms with van der Waals surface area (Å²) in [5, 5.41) is 7.32. The van der Waals surface area contributed by atoms with E-state index in [1.165, 1.54) is 13.2 Å². The van der Waals surface area contributed by atoms with Crippen molar-refractivity contribution in [1.82, 2.24) is 15.1 Å². The van der Waals surface area contributed by atoms with E-state index in [4.69, 9.17) is 4.74 Å². The summed E-state index contributed by atoms with van der Waals surface area (Å²) in [5.41, 5.74) is 1.97. The smallest absolute Gasteiger partial charge is 0.165 e. The van der Waals surface area contributed by atoms with Crippen LogP contribution in [0.5, 0.6) is 5.75 Å². The molecule has 0 unspecified atom stereocenters. The fourth-order valence-corrected chi connectivity index (χ4v) is 1.73. The van der Waals surface area contributed by atoms with E-state index in [2.05, 4.69) is 10.4 Å². The number of halogens is 1. The molecule has 1 heterocycles. The van der Waals surface area contributed by atoms with E-state index in [0.29, 0.717) is 13.1 Å². The number of ether oxygens (including phenoxy) is 1. The van der Waals surface area contributed by atoms with E-state index in [9.17, 15) is 4.39 Å². The first kappa shape index (κ1) is 12.6. The molecule has 2 aromatic rings. The third-order valence-electron chi connectivity index (χ3n) is 2.77. The molecule has 0 spiro atoms. The Morgan fingerprint density at radius 3 is 2.78 bits per heavy atom. The molecule has 0 aliphatic carbocycles. The number of aryl methyl sites for hydroxylation is 1. The lowest BCUT2D eigenvalue weighted by Gasteiger charge is -2.07. The fourth-order valence-electron chi connectivity index (χ4n) is 1.73. The van der Waals surface area contributed by atoms with E-state index in [1.54, 1.807) is 12.3 Å². The minimum absolute atomic E-state index is 0.269. The van der Waals surface area contributed by atoms with E-state index in [0.717, 1.165) is 11.3 Å². The van der Waals surface area contributed by atoms with Crippen LogP contribution in [0.4, 0.5) is 4.39 Å². The third-order valence-corrected chi connectivity index (χ3v) is 2.77. The highest BCUT2D eigenvalue weighted by Crippen LogP contribution is 2.17. The second-order valence-electron chi connectivity index (χ2n) is 4.02. The van der Waals surface area contributed by atoms with Gasteiger partial charge in [-0.1, -0.05) is 6.07 Å². The Balaban J connectivity index is 1.91. The Morgan fingerprint density at radius 2 is 2.17 bits per heavy atom. The number of aromatic nitrogens is 2. The van der Waals surface area contributed by atoms with Crippen LogP contribution in [0.1, 0.15) is 11.3 Å². The molecule has 0 aliphatic heterocycles. The van der Waals surface area contributed by atoms with Gasteiger partial charge in [0.25, 0.3) is 0 Å². The molecule has 4 nitrogen and oxygen atoms in total. The second-order valence-corrected chi connectivity index (χ2v) is 4.02. The average Bonchev–Trinajstić information content (AvgIpc) is 2.75. The van der Waals surface area contributed by atoms with Gasteiger partial charge < -0.3 is 10.1 Å². The number of hydrogen-bond acceptors (Lipinski definition) is 3. The average molecular weight is 249 g/mol. The fraction of sp³-hybridized carbons (Fsp3) is 0.308. The largest absolute Gasteiger partial charge is 0.494 e. The van der Waals surface area contributed by atoms with Gasteiger partial charge in [-0.15, -0.1) is 0 Å². The number of nitrogens with zero attached hydrogens (tertiary/aromatic N) is 2. The lowest BCUT2D eigenvalue weighted by Crippen LogP contribution is -2.15. The van der Waals surface area contributed by atoms with Crippen molar-refractivity contribution in [3.63, 3.8) is 0 Å². The van der Waals surface area contributed by atoms with Crippen LogP contribution in [0.2, 0.25) is 0 Å². The summed E-state index contributed by atoms with van der Waals surface area (Å²) in [6.45, 7) is 1.30. The number of methoxy groups -OCH3 is 1. The van der Waals surface area contributed by atoms with E-state index in [-0.39, 0.29) is 11.6 Å². The van der Waals surface area contributed by atoms with Gasteiger partial charge >= 0.3 is 0 Å². The van der Waals surface area contributed by atoms with Crippen molar-refractivity contribution in [3.8, 4) is 5.75 Å². The van der Waals surface area contributed by atoms with E-state index in [1.807, 2.05) is 23.9 Å². The van der Waals surface area contributed by atoms with Crippen LogP contribution in [0, 0.1) is 5.82 Å². The van der Waals surface area contributed by atoms with Gasteiger partial charge in [0.2, 0.25) is 0 Å². The van der Waals surface area contributed by atoms with Gasteiger partial charge in [0.15, 0.2) is 11.6 Å². The molecule has 1 aromatic heterocycles. The first-order valence-electron chi connectivity index (χ1n) is 5.70. The minimum Gasteiger partial charge on any atom is -0.494 e. The molecule has 0 aliphatic rings. The maximum absolute atomic E-state index is 13.4. The molecular formula is C13H16FN3O. The highest BCUT2D eigenvalue weighted by atomic mass is 19.1. The topological polar surface area (TPSA) is 39.1 Å². The van der Waals surface area contributed by atoms with Crippen LogP contribution in [0.15, 0.2) is 30.5 Å². The Morgan fingerprint density at radius 1 is 1.33 bits per heavy atom. The lowest BCUT2D eigenvalue weighted by molar-refractivity contribution is 0.386. The molecule has 1 aromatic carbocycles. The summed E-state index contributed by atoms with van der Waals surface area (Å²) in [6.07, 6.45) is 1.75.